The predicted molar refractivity (Wildman–Crippen MR) is 79.4 cm³/mol. The smallest absolute Gasteiger partial charge is 0.107 e. The molecule has 1 N–H and O–H groups in total. The lowest BCUT2D eigenvalue weighted by Crippen LogP contribution is -2.52. The molecule has 0 unspecified atom stereocenters. The van der Waals surface area contributed by atoms with E-state index in [0.29, 0.717) is 0 Å². The topological polar surface area (TPSA) is 37.4 Å². The molecule has 0 spiro atoms. The van der Waals surface area contributed by atoms with E-state index in [9.17, 15) is 0 Å². The second-order valence-electron chi connectivity index (χ2n) is 5.70. The number of nitrogens with zero attached hydrogens (tertiary/aromatic N) is 2. The first kappa shape index (κ1) is 14.9. The zero-order chi connectivity index (χ0) is 13.7. The summed E-state index contributed by atoms with van der Waals surface area (Å²) in [6.45, 7) is 12.2. The Balaban J connectivity index is 1.88. The number of nitrogens with one attached hydrogen (secondary N) is 1. The van der Waals surface area contributed by atoms with E-state index in [-0.39, 0.29) is 5.54 Å². The molecule has 1 aliphatic heterocycles. The van der Waals surface area contributed by atoms with Crippen molar-refractivity contribution in [1.82, 2.24) is 15.2 Å². The molecule has 2 heterocycles. The Morgan fingerprint density at radius 3 is 3.11 bits per heavy atom. The maximum atomic E-state index is 5.55. The van der Waals surface area contributed by atoms with Gasteiger partial charge in [0.2, 0.25) is 0 Å². The molecule has 19 heavy (non-hydrogen) atoms. The Bertz CT molecular complexity index is 392. The average molecular weight is 283 g/mol. The summed E-state index contributed by atoms with van der Waals surface area (Å²) in [6, 6.07) is 0. The molecule has 1 aromatic rings. The highest BCUT2D eigenvalue weighted by Crippen LogP contribution is 2.22. The molecule has 1 aliphatic rings. The van der Waals surface area contributed by atoms with Gasteiger partial charge in [-0.2, -0.15) is 0 Å². The predicted octanol–water partition coefficient (Wildman–Crippen LogP) is 2.25. The third kappa shape index (κ3) is 4.24. The Hall–Kier alpha value is -0.490. The van der Waals surface area contributed by atoms with Crippen molar-refractivity contribution in [2.45, 2.75) is 45.8 Å². The van der Waals surface area contributed by atoms with Crippen molar-refractivity contribution in [2.24, 2.45) is 0 Å². The second kappa shape index (κ2) is 6.79. The van der Waals surface area contributed by atoms with E-state index < -0.39 is 0 Å². The summed E-state index contributed by atoms with van der Waals surface area (Å²) in [5, 5.41) is 6.78. The highest BCUT2D eigenvalue weighted by molar-refractivity contribution is 7.09. The summed E-state index contributed by atoms with van der Waals surface area (Å²) in [4.78, 5) is 7.18. The van der Waals surface area contributed by atoms with E-state index in [2.05, 4.69) is 36.4 Å². The lowest BCUT2D eigenvalue weighted by Gasteiger charge is -2.41. The largest absolute Gasteiger partial charge is 0.378 e. The first-order valence-corrected chi connectivity index (χ1v) is 7.96. The molecule has 0 amide bonds. The quantitative estimate of drug-likeness (QED) is 0.813. The first-order valence-electron chi connectivity index (χ1n) is 7.08. The van der Waals surface area contributed by atoms with Gasteiger partial charge in [-0.25, -0.2) is 4.98 Å². The highest BCUT2D eigenvalue weighted by atomic mass is 32.1. The van der Waals surface area contributed by atoms with E-state index in [1.54, 1.807) is 11.3 Å². The van der Waals surface area contributed by atoms with Crippen molar-refractivity contribution < 1.29 is 4.74 Å². The van der Waals surface area contributed by atoms with E-state index in [4.69, 9.17) is 9.72 Å². The summed E-state index contributed by atoms with van der Waals surface area (Å²) in [5.74, 6) is 0. The van der Waals surface area contributed by atoms with Crippen molar-refractivity contribution in [1.29, 1.82) is 0 Å². The number of hydrogen-bond donors (Lipinski definition) is 1. The van der Waals surface area contributed by atoms with Gasteiger partial charge >= 0.3 is 0 Å². The molecule has 1 fully saturated rings. The van der Waals surface area contributed by atoms with Gasteiger partial charge in [-0.15, -0.1) is 11.3 Å². The lowest BCUT2D eigenvalue weighted by molar-refractivity contribution is -0.0557. The normalized spacial score (nSPS) is 19.7. The van der Waals surface area contributed by atoms with Crippen LogP contribution in [0.2, 0.25) is 0 Å². The van der Waals surface area contributed by atoms with E-state index in [0.717, 1.165) is 39.4 Å². The van der Waals surface area contributed by atoms with Gasteiger partial charge in [0, 0.05) is 30.6 Å². The molecule has 1 aromatic heterocycles. The van der Waals surface area contributed by atoms with Crippen molar-refractivity contribution in [2.75, 3.05) is 26.3 Å². The Morgan fingerprint density at radius 2 is 2.37 bits per heavy atom. The summed E-state index contributed by atoms with van der Waals surface area (Å²) < 4.78 is 5.55. The summed E-state index contributed by atoms with van der Waals surface area (Å²) >= 11 is 1.76. The second-order valence-corrected chi connectivity index (χ2v) is 6.64. The van der Waals surface area contributed by atoms with E-state index in [1.165, 1.54) is 17.1 Å². The first-order chi connectivity index (χ1) is 9.12. The molecule has 2 rings (SSSR count). The molecule has 0 aromatic carbocycles. The van der Waals surface area contributed by atoms with Crippen LogP contribution < -0.4 is 5.32 Å². The van der Waals surface area contributed by atoms with Crippen molar-refractivity contribution in [3.63, 3.8) is 0 Å². The summed E-state index contributed by atoms with van der Waals surface area (Å²) in [6.07, 6.45) is 1.17. The van der Waals surface area contributed by atoms with Crippen LogP contribution in [0.3, 0.4) is 0 Å². The van der Waals surface area contributed by atoms with Crippen molar-refractivity contribution in [3.8, 4) is 0 Å². The standard InChI is InChI=1S/C14H25N3OS/c1-4-5-15-8-13-16-12(10-19-13)9-17-6-7-18-11-14(17,2)3/h10,15H,4-9,11H2,1-3H3. The van der Waals surface area contributed by atoms with Gasteiger partial charge in [-0.05, 0) is 26.8 Å². The van der Waals surface area contributed by atoms with Crippen LogP contribution in [0.25, 0.3) is 0 Å². The zero-order valence-corrected chi connectivity index (χ0v) is 13.1. The molecule has 5 heteroatoms. The third-order valence-electron chi connectivity index (χ3n) is 3.47. The van der Waals surface area contributed by atoms with E-state index in [1.807, 2.05) is 0 Å². The number of aromatic nitrogens is 1. The molecule has 108 valence electrons. The van der Waals surface area contributed by atoms with Crippen LogP contribution >= 0.6 is 11.3 Å². The van der Waals surface area contributed by atoms with Crippen LogP contribution in [0.1, 0.15) is 37.9 Å². The molecule has 4 nitrogen and oxygen atoms in total. The van der Waals surface area contributed by atoms with Gasteiger partial charge in [-0.3, -0.25) is 4.90 Å². The molecular weight excluding hydrogens is 258 g/mol. The fraction of sp³-hybridized carbons (Fsp3) is 0.786. The summed E-state index contributed by atoms with van der Waals surface area (Å²) in [7, 11) is 0. The van der Waals surface area contributed by atoms with Gasteiger partial charge in [0.15, 0.2) is 0 Å². The van der Waals surface area contributed by atoms with E-state index >= 15 is 0 Å². The number of hydrogen-bond acceptors (Lipinski definition) is 5. The SMILES string of the molecule is CCCNCc1nc(CN2CCOCC2(C)C)cs1. The maximum absolute atomic E-state index is 5.55. The minimum atomic E-state index is 0.114. The number of ether oxygens (including phenoxy) is 1. The Morgan fingerprint density at radius 1 is 1.53 bits per heavy atom. The van der Waals surface area contributed by atoms with Gasteiger partial charge in [-0.1, -0.05) is 6.92 Å². The Labute approximate surface area is 120 Å². The number of thiazole rings is 1. The van der Waals surface area contributed by atoms with Gasteiger partial charge in [0.1, 0.15) is 5.01 Å². The van der Waals surface area contributed by atoms with Gasteiger partial charge in [0.25, 0.3) is 0 Å². The molecule has 0 bridgehead atoms. The Kier molecular flexibility index (Phi) is 5.33. The molecule has 0 aliphatic carbocycles. The van der Waals surface area contributed by atoms with Crippen LogP contribution in [0, 0.1) is 0 Å². The molecule has 0 radical (unpaired) electrons. The number of rotatable bonds is 6. The maximum Gasteiger partial charge on any atom is 0.107 e. The average Bonchev–Trinajstić information content (AvgIpc) is 2.80. The summed E-state index contributed by atoms with van der Waals surface area (Å²) in [5.41, 5.74) is 1.30. The van der Waals surface area contributed by atoms with Crippen LogP contribution in [-0.2, 0) is 17.8 Å². The van der Waals surface area contributed by atoms with Crippen LogP contribution in [-0.4, -0.2) is 41.7 Å². The van der Waals surface area contributed by atoms with Crippen LogP contribution in [0.5, 0.6) is 0 Å². The fourth-order valence-electron chi connectivity index (χ4n) is 2.25. The minimum absolute atomic E-state index is 0.114. The van der Waals surface area contributed by atoms with Crippen LogP contribution in [0.4, 0.5) is 0 Å². The van der Waals surface area contributed by atoms with Crippen molar-refractivity contribution in [3.05, 3.63) is 16.1 Å². The fourth-order valence-corrected chi connectivity index (χ4v) is 3.01. The molecular formula is C14H25N3OS. The zero-order valence-electron chi connectivity index (χ0n) is 12.2. The number of morpholine rings is 1. The third-order valence-corrected chi connectivity index (χ3v) is 4.37. The van der Waals surface area contributed by atoms with Gasteiger partial charge in [0.05, 0.1) is 18.9 Å². The molecule has 1 saturated heterocycles. The van der Waals surface area contributed by atoms with Crippen molar-refractivity contribution >= 4 is 11.3 Å². The lowest BCUT2D eigenvalue weighted by atomic mass is 10.0. The monoisotopic (exact) mass is 283 g/mol. The molecule has 0 atom stereocenters. The molecule has 0 saturated carbocycles. The minimum Gasteiger partial charge on any atom is -0.378 e. The highest BCUT2D eigenvalue weighted by Gasteiger charge is 2.30. The van der Waals surface area contributed by atoms with Gasteiger partial charge < -0.3 is 10.1 Å². The van der Waals surface area contributed by atoms with Crippen LogP contribution in [0.15, 0.2) is 5.38 Å².